The first kappa shape index (κ1) is 17.5. The zero-order valence-electron chi connectivity index (χ0n) is 13.8. The molecule has 0 saturated carbocycles. The van der Waals surface area contributed by atoms with Crippen molar-refractivity contribution in [3.05, 3.63) is 80.4 Å². The van der Waals surface area contributed by atoms with Crippen LogP contribution in [0, 0.1) is 14.9 Å². The van der Waals surface area contributed by atoms with E-state index in [4.69, 9.17) is 17.0 Å². The van der Waals surface area contributed by atoms with Crippen molar-refractivity contribution >= 4 is 24.1 Å². The highest BCUT2D eigenvalue weighted by Crippen LogP contribution is 2.15. The highest BCUT2D eigenvalue weighted by Gasteiger charge is 2.08. The monoisotopic (exact) mass is 369 g/mol. The van der Waals surface area contributed by atoms with Gasteiger partial charge in [0.25, 0.3) is 5.69 Å². The van der Waals surface area contributed by atoms with E-state index in [-0.39, 0.29) is 5.69 Å². The number of nitrogens with zero attached hydrogens (tertiary/aromatic N) is 4. The molecule has 0 fully saturated rings. The number of methoxy groups -OCH3 is 1. The maximum absolute atomic E-state index is 10.9. The molecule has 1 N–H and O–H groups in total. The second-order valence-corrected chi connectivity index (χ2v) is 5.77. The summed E-state index contributed by atoms with van der Waals surface area (Å²) in [6, 6.07) is 13.8. The third-order valence-electron chi connectivity index (χ3n) is 3.64. The molecule has 0 aliphatic heterocycles. The van der Waals surface area contributed by atoms with Gasteiger partial charge in [-0.2, -0.15) is 14.9 Å². The number of aromatic amines is 1. The number of aromatic nitrogens is 3. The lowest BCUT2D eigenvalue weighted by atomic mass is 10.1. The van der Waals surface area contributed by atoms with Gasteiger partial charge in [-0.15, -0.1) is 0 Å². The highest BCUT2D eigenvalue weighted by atomic mass is 32.1. The van der Waals surface area contributed by atoms with Gasteiger partial charge in [0.2, 0.25) is 4.77 Å². The number of H-pyrrole nitrogens is 1. The average Bonchev–Trinajstić information content (AvgIpc) is 3.00. The van der Waals surface area contributed by atoms with Gasteiger partial charge in [0.15, 0.2) is 5.82 Å². The third kappa shape index (κ3) is 4.01. The standard InChI is InChI=1S/C17H15N5O3S/c1-25-15-7-5-12(6-8-15)10-16-19-20-17(26)21(16)18-11-13-3-2-4-14(9-13)22(23)24/h2-9,11H,10H2,1H3,(H,20,26)/b18-11-. The summed E-state index contributed by atoms with van der Waals surface area (Å²) in [5.41, 5.74) is 1.62. The van der Waals surface area contributed by atoms with Crippen LogP contribution in [-0.2, 0) is 6.42 Å². The van der Waals surface area contributed by atoms with Crippen molar-refractivity contribution in [2.45, 2.75) is 6.42 Å². The van der Waals surface area contributed by atoms with Gasteiger partial charge in [-0.25, -0.2) is 0 Å². The molecule has 9 heteroatoms. The lowest BCUT2D eigenvalue weighted by Gasteiger charge is -2.03. The first-order valence-corrected chi connectivity index (χ1v) is 8.05. The third-order valence-corrected chi connectivity index (χ3v) is 3.91. The highest BCUT2D eigenvalue weighted by molar-refractivity contribution is 7.71. The van der Waals surface area contributed by atoms with E-state index in [1.807, 2.05) is 24.3 Å². The van der Waals surface area contributed by atoms with Crippen LogP contribution in [0.25, 0.3) is 0 Å². The maximum atomic E-state index is 10.9. The number of nitro benzene ring substituents is 1. The Morgan fingerprint density at radius 1 is 1.35 bits per heavy atom. The predicted octanol–water partition coefficient (Wildman–Crippen LogP) is 3.33. The van der Waals surface area contributed by atoms with E-state index in [2.05, 4.69) is 15.3 Å². The van der Waals surface area contributed by atoms with Crippen molar-refractivity contribution in [2.24, 2.45) is 5.10 Å². The van der Waals surface area contributed by atoms with E-state index in [0.29, 0.717) is 22.6 Å². The molecular formula is C17H15N5O3S. The Balaban J connectivity index is 1.84. The molecule has 0 amide bonds. The summed E-state index contributed by atoms with van der Waals surface area (Å²) in [4.78, 5) is 10.4. The Morgan fingerprint density at radius 3 is 2.81 bits per heavy atom. The average molecular weight is 369 g/mol. The predicted molar refractivity (Wildman–Crippen MR) is 99.3 cm³/mol. The fourth-order valence-electron chi connectivity index (χ4n) is 2.33. The van der Waals surface area contributed by atoms with Crippen molar-refractivity contribution in [3.63, 3.8) is 0 Å². The molecule has 0 saturated heterocycles. The number of benzene rings is 2. The Labute approximate surface area is 153 Å². The molecule has 1 heterocycles. The number of nitrogens with one attached hydrogen (secondary N) is 1. The van der Waals surface area contributed by atoms with Crippen LogP contribution in [0.4, 0.5) is 5.69 Å². The maximum Gasteiger partial charge on any atom is 0.270 e. The topological polar surface area (TPSA) is 98.3 Å². The van der Waals surface area contributed by atoms with Gasteiger partial charge in [-0.05, 0) is 29.9 Å². The second kappa shape index (κ2) is 7.70. The smallest absolute Gasteiger partial charge is 0.270 e. The second-order valence-electron chi connectivity index (χ2n) is 5.38. The van der Waals surface area contributed by atoms with Crippen molar-refractivity contribution in [2.75, 3.05) is 7.11 Å². The molecule has 3 rings (SSSR count). The molecule has 8 nitrogen and oxygen atoms in total. The minimum atomic E-state index is -0.448. The Kier molecular flexibility index (Phi) is 5.18. The van der Waals surface area contributed by atoms with E-state index >= 15 is 0 Å². The minimum Gasteiger partial charge on any atom is -0.497 e. The molecule has 0 aliphatic carbocycles. The number of hydrogen-bond acceptors (Lipinski definition) is 6. The fraction of sp³-hybridized carbons (Fsp3) is 0.118. The van der Waals surface area contributed by atoms with Crippen LogP contribution < -0.4 is 4.74 Å². The molecule has 0 radical (unpaired) electrons. The minimum absolute atomic E-state index is 0.00296. The summed E-state index contributed by atoms with van der Waals surface area (Å²) in [6.45, 7) is 0. The Hall–Kier alpha value is -3.33. The van der Waals surface area contributed by atoms with E-state index in [0.717, 1.165) is 11.3 Å². The molecule has 3 aromatic rings. The van der Waals surface area contributed by atoms with Crippen LogP contribution in [0.2, 0.25) is 0 Å². The normalized spacial score (nSPS) is 11.0. The molecule has 0 spiro atoms. The quantitative estimate of drug-likeness (QED) is 0.311. The summed E-state index contributed by atoms with van der Waals surface area (Å²) < 4.78 is 6.99. The van der Waals surface area contributed by atoms with Gasteiger partial charge >= 0.3 is 0 Å². The summed E-state index contributed by atoms with van der Waals surface area (Å²) in [5, 5.41) is 22.1. The van der Waals surface area contributed by atoms with Crippen LogP contribution in [0.3, 0.4) is 0 Å². The summed E-state index contributed by atoms with van der Waals surface area (Å²) in [5.74, 6) is 1.40. The van der Waals surface area contributed by atoms with Crippen LogP contribution in [0.1, 0.15) is 17.0 Å². The molecule has 0 unspecified atom stereocenters. The van der Waals surface area contributed by atoms with Crippen LogP contribution in [-0.4, -0.2) is 33.1 Å². The fourth-order valence-corrected chi connectivity index (χ4v) is 2.52. The molecule has 2 aromatic carbocycles. The SMILES string of the molecule is COc1ccc(Cc2n[nH]c(=S)n2/N=C\c2cccc([N+](=O)[O-])c2)cc1. The summed E-state index contributed by atoms with van der Waals surface area (Å²) >= 11 is 5.21. The summed E-state index contributed by atoms with van der Waals surface area (Å²) in [7, 11) is 1.61. The molecular weight excluding hydrogens is 354 g/mol. The van der Waals surface area contributed by atoms with Crippen molar-refractivity contribution in [1.82, 2.24) is 14.9 Å². The van der Waals surface area contributed by atoms with Crippen molar-refractivity contribution in [3.8, 4) is 5.75 Å². The van der Waals surface area contributed by atoms with Gasteiger partial charge in [-0.1, -0.05) is 24.3 Å². The molecule has 0 atom stereocenters. The molecule has 0 aliphatic rings. The summed E-state index contributed by atoms with van der Waals surface area (Å²) in [6.07, 6.45) is 2.03. The number of nitro groups is 1. The van der Waals surface area contributed by atoms with Gasteiger partial charge in [-0.3, -0.25) is 15.2 Å². The van der Waals surface area contributed by atoms with Crippen molar-refractivity contribution < 1.29 is 9.66 Å². The molecule has 1 aromatic heterocycles. The Bertz CT molecular complexity index is 1010. The van der Waals surface area contributed by atoms with Crippen molar-refractivity contribution in [1.29, 1.82) is 0 Å². The van der Waals surface area contributed by atoms with Gasteiger partial charge in [0, 0.05) is 24.1 Å². The number of non-ortho nitro benzene ring substituents is 1. The number of rotatable bonds is 6. The number of ether oxygens (including phenoxy) is 1. The van der Waals surface area contributed by atoms with Gasteiger partial charge < -0.3 is 4.74 Å². The zero-order valence-corrected chi connectivity index (χ0v) is 14.6. The first-order chi connectivity index (χ1) is 12.6. The largest absolute Gasteiger partial charge is 0.497 e. The molecule has 26 heavy (non-hydrogen) atoms. The van der Waals surface area contributed by atoms with E-state index in [1.54, 1.807) is 19.2 Å². The lowest BCUT2D eigenvalue weighted by Crippen LogP contribution is -2.00. The van der Waals surface area contributed by atoms with Crippen LogP contribution in [0.15, 0.2) is 53.6 Å². The molecule has 0 bridgehead atoms. The number of hydrogen-bond donors (Lipinski definition) is 1. The van der Waals surface area contributed by atoms with E-state index in [1.165, 1.54) is 23.0 Å². The Morgan fingerprint density at radius 2 is 2.12 bits per heavy atom. The first-order valence-electron chi connectivity index (χ1n) is 7.65. The van der Waals surface area contributed by atoms with Gasteiger partial charge in [0.05, 0.1) is 18.2 Å². The zero-order chi connectivity index (χ0) is 18.5. The van der Waals surface area contributed by atoms with E-state index < -0.39 is 4.92 Å². The van der Waals surface area contributed by atoms with Crippen LogP contribution in [0.5, 0.6) is 5.75 Å². The van der Waals surface area contributed by atoms with Crippen LogP contribution >= 0.6 is 12.2 Å². The molecule has 132 valence electrons. The van der Waals surface area contributed by atoms with Gasteiger partial charge in [0.1, 0.15) is 5.75 Å². The van der Waals surface area contributed by atoms with E-state index in [9.17, 15) is 10.1 Å². The lowest BCUT2D eigenvalue weighted by molar-refractivity contribution is -0.384.